The Hall–Kier alpha value is -7.08. The highest BCUT2D eigenvalue weighted by atomic mass is 16.4. The van der Waals surface area contributed by atoms with Gasteiger partial charge in [0, 0.05) is 43.7 Å². The van der Waals surface area contributed by atoms with Gasteiger partial charge in [0.05, 0.1) is 0 Å². The first-order chi connectivity index (χ1) is 28.5. The van der Waals surface area contributed by atoms with Crippen molar-refractivity contribution in [2.45, 2.75) is 69.1 Å². The summed E-state index contributed by atoms with van der Waals surface area (Å²) in [5.74, 6) is -5.06. The van der Waals surface area contributed by atoms with Crippen LogP contribution < -0.4 is 26.6 Å². The molecular weight excluding hydrogens is 747 g/mol. The Kier molecular flexibility index (Phi) is 14.0. The average Bonchev–Trinajstić information content (AvgIpc) is 3.25. The predicted octanol–water partition coefficient (Wildman–Crippen LogP) is 4.94. The van der Waals surface area contributed by atoms with Crippen LogP contribution in [0.5, 0.6) is 0 Å². The first kappa shape index (κ1) is 41.6. The molecule has 2 aliphatic heterocycles. The van der Waals surface area contributed by atoms with E-state index in [1.54, 1.807) is 55.5 Å². The maximum absolute atomic E-state index is 14.5. The molecule has 0 saturated heterocycles. The molecule has 0 spiro atoms. The summed E-state index contributed by atoms with van der Waals surface area (Å²) in [7, 11) is 0. The van der Waals surface area contributed by atoms with Crippen molar-refractivity contribution in [2.24, 2.45) is 0 Å². The lowest BCUT2D eigenvalue weighted by Gasteiger charge is -2.28. The number of hydrogen-bond acceptors (Lipinski definition) is 6. The lowest BCUT2D eigenvalue weighted by atomic mass is 9.92. The number of rotatable bonds is 8. The highest BCUT2D eigenvalue weighted by molar-refractivity contribution is 5.97. The minimum Gasteiger partial charge on any atom is -0.480 e. The molecule has 0 radical (unpaired) electrons. The van der Waals surface area contributed by atoms with Gasteiger partial charge in [-0.3, -0.25) is 24.0 Å². The van der Waals surface area contributed by atoms with E-state index in [-0.39, 0.29) is 32.1 Å². The molecule has 2 bridgehead atoms. The van der Waals surface area contributed by atoms with Crippen LogP contribution in [0.3, 0.4) is 0 Å². The fraction of sp³-hybridized carbons (Fsp3) is 0.234. The van der Waals surface area contributed by atoms with Crippen molar-refractivity contribution in [3.63, 3.8) is 0 Å². The normalized spacial score (nSPS) is 20.8. The standard InChI is InChI=1S/C47H47N5O7/c1-30-34-21-23-37(24-22-34)48-41(53)25-26-42(54)49-38(27-31-11-5-2-6-12-31)44(55)50-39(29-33-17-19-36(20-18-33)35-15-9-4-10-16-35)45(56)51-40(28-32-13-7-3-8-14-32)46(57)52-43(30)47(58)59/h2-24,30,38-40,43H,25-29H2,1H3,(H,48,53)(H,49,54)(H,50,55)(H,51,56)(H,52,57)(H,58,59)/t30-,38-,39+,40-,43+/m1/s1. The van der Waals surface area contributed by atoms with Crippen LogP contribution in [-0.2, 0) is 48.0 Å². The van der Waals surface area contributed by atoms with Crippen molar-refractivity contribution in [3.05, 3.63) is 162 Å². The van der Waals surface area contributed by atoms with E-state index in [1.165, 1.54) is 0 Å². The zero-order valence-electron chi connectivity index (χ0n) is 32.6. The molecule has 59 heavy (non-hydrogen) atoms. The third-order valence-corrected chi connectivity index (χ3v) is 10.3. The van der Waals surface area contributed by atoms with E-state index in [4.69, 9.17) is 0 Å². The number of fused-ring (bicyclic) bond motifs is 18. The minimum atomic E-state index is -1.39. The Morgan fingerprint density at radius 1 is 0.508 bits per heavy atom. The number of amides is 5. The summed E-state index contributed by atoms with van der Waals surface area (Å²) < 4.78 is 0. The van der Waals surface area contributed by atoms with Crippen LogP contribution in [0, 0.1) is 0 Å². The van der Waals surface area contributed by atoms with E-state index >= 15 is 0 Å². The summed E-state index contributed by atoms with van der Waals surface area (Å²) in [6.07, 6.45) is -0.267. The Balaban J connectivity index is 1.36. The predicted molar refractivity (Wildman–Crippen MR) is 224 cm³/mol. The van der Waals surface area contributed by atoms with Gasteiger partial charge < -0.3 is 31.7 Å². The highest BCUT2D eigenvalue weighted by Gasteiger charge is 2.34. The lowest BCUT2D eigenvalue weighted by molar-refractivity contribution is -0.143. The van der Waals surface area contributed by atoms with Gasteiger partial charge in [0.25, 0.3) is 0 Å². The highest BCUT2D eigenvalue weighted by Crippen LogP contribution is 2.23. The second kappa shape index (κ2) is 19.9. The van der Waals surface area contributed by atoms with Crippen molar-refractivity contribution < 1.29 is 33.9 Å². The molecule has 6 N–H and O–H groups in total. The van der Waals surface area contributed by atoms with E-state index in [2.05, 4.69) is 26.6 Å². The van der Waals surface area contributed by atoms with Crippen molar-refractivity contribution >= 4 is 41.2 Å². The van der Waals surface area contributed by atoms with Gasteiger partial charge in [0.2, 0.25) is 29.5 Å². The van der Waals surface area contributed by atoms with Gasteiger partial charge in [-0.25, -0.2) is 4.79 Å². The topological polar surface area (TPSA) is 183 Å². The summed E-state index contributed by atoms with van der Waals surface area (Å²) in [6.45, 7) is 1.66. The van der Waals surface area contributed by atoms with Crippen molar-refractivity contribution in [2.75, 3.05) is 5.32 Å². The fourth-order valence-corrected chi connectivity index (χ4v) is 7.01. The second-order valence-electron chi connectivity index (χ2n) is 14.7. The van der Waals surface area contributed by atoms with Crippen LogP contribution in [0.15, 0.2) is 140 Å². The largest absolute Gasteiger partial charge is 0.480 e. The molecule has 12 nitrogen and oxygen atoms in total. The van der Waals surface area contributed by atoms with Crippen LogP contribution in [0.25, 0.3) is 11.1 Å². The number of aliphatic carboxylic acids is 1. The molecule has 0 saturated carbocycles. The van der Waals surface area contributed by atoms with Gasteiger partial charge in [0.1, 0.15) is 24.2 Å². The molecule has 0 aliphatic carbocycles. The van der Waals surface area contributed by atoms with Crippen molar-refractivity contribution in [1.82, 2.24) is 21.3 Å². The fourth-order valence-electron chi connectivity index (χ4n) is 7.01. The van der Waals surface area contributed by atoms with Gasteiger partial charge in [-0.05, 0) is 45.5 Å². The Labute approximate surface area is 342 Å². The Morgan fingerprint density at radius 3 is 1.44 bits per heavy atom. The molecule has 302 valence electrons. The van der Waals surface area contributed by atoms with Gasteiger partial charge in [0.15, 0.2) is 0 Å². The molecule has 2 aliphatic rings. The maximum atomic E-state index is 14.5. The summed E-state index contributed by atoms with van der Waals surface area (Å²) in [4.78, 5) is 81.8. The molecular formula is C47H47N5O7. The van der Waals surface area contributed by atoms with Gasteiger partial charge >= 0.3 is 5.97 Å². The van der Waals surface area contributed by atoms with Crippen molar-refractivity contribution in [1.29, 1.82) is 0 Å². The molecule has 5 amide bonds. The monoisotopic (exact) mass is 793 g/mol. The number of hydrogen-bond donors (Lipinski definition) is 6. The summed E-state index contributed by atoms with van der Waals surface area (Å²) in [5.41, 5.74) is 5.13. The number of benzene rings is 5. The molecule has 0 fully saturated rings. The molecule has 12 heteroatoms. The zero-order valence-corrected chi connectivity index (χ0v) is 32.6. The molecule has 5 aromatic carbocycles. The van der Waals surface area contributed by atoms with Gasteiger partial charge in [-0.1, -0.05) is 134 Å². The van der Waals surface area contributed by atoms with E-state index in [9.17, 15) is 33.9 Å². The van der Waals surface area contributed by atoms with Crippen LogP contribution >= 0.6 is 0 Å². The zero-order chi connectivity index (χ0) is 41.7. The summed E-state index contributed by atoms with van der Waals surface area (Å²) in [5, 5.41) is 24.2. The Bertz CT molecular complexity index is 2230. The molecule has 0 aromatic heterocycles. The number of nitrogens with one attached hydrogen (secondary N) is 5. The Morgan fingerprint density at radius 2 is 0.932 bits per heavy atom. The molecule has 0 unspecified atom stereocenters. The lowest BCUT2D eigenvalue weighted by Crippen LogP contribution is -2.59. The van der Waals surface area contributed by atoms with Crippen LogP contribution in [0.2, 0.25) is 0 Å². The molecule has 5 aromatic rings. The number of carbonyl (C=O) groups is 6. The third kappa shape index (κ3) is 11.7. The minimum absolute atomic E-state index is 0.0170. The average molecular weight is 794 g/mol. The first-order valence-corrected chi connectivity index (χ1v) is 19.6. The van der Waals surface area contributed by atoms with E-state index in [1.807, 2.05) is 91.0 Å². The number of carboxylic acid groups (broad SMARTS) is 1. The maximum Gasteiger partial charge on any atom is 0.326 e. The van der Waals surface area contributed by atoms with Crippen LogP contribution in [0.1, 0.15) is 47.9 Å². The van der Waals surface area contributed by atoms with Crippen LogP contribution in [-0.4, -0.2) is 64.8 Å². The summed E-state index contributed by atoms with van der Waals surface area (Å²) in [6, 6.07) is 36.9. The van der Waals surface area contributed by atoms with Gasteiger partial charge in [-0.15, -0.1) is 0 Å². The third-order valence-electron chi connectivity index (χ3n) is 10.3. The quantitative estimate of drug-likeness (QED) is 0.120. The van der Waals surface area contributed by atoms with E-state index < -0.39 is 65.6 Å². The van der Waals surface area contributed by atoms with E-state index in [0.29, 0.717) is 22.4 Å². The van der Waals surface area contributed by atoms with E-state index in [0.717, 1.165) is 16.7 Å². The first-order valence-electron chi connectivity index (χ1n) is 19.6. The molecule has 2 heterocycles. The van der Waals surface area contributed by atoms with Gasteiger partial charge in [-0.2, -0.15) is 0 Å². The molecule has 7 rings (SSSR count). The number of carbonyl (C=O) groups excluding carboxylic acids is 5. The number of carboxylic acids is 1. The SMILES string of the molecule is C[C@@H]1c2ccc(cc2)NC(=O)CCC(=O)N[C@H](Cc2ccccc2)C(=O)N[C@@H](Cc2ccc(-c3ccccc3)cc2)C(=O)N[C@H](Cc2ccccc2)C(=O)N[C@@H]1C(=O)O. The number of anilines is 1. The van der Waals surface area contributed by atoms with Crippen LogP contribution in [0.4, 0.5) is 5.69 Å². The smallest absolute Gasteiger partial charge is 0.326 e. The molecule has 5 atom stereocenters. The van der Waals surface area contributed by atoms with Crippen molar-refractivity contribution in [3.8, 4) is 11.1 Å². The summed E-state index contributed by atoms with van der Waals surface area (Å²) >= 11 is 0. The second-order valence-corrected chi connectivity index (χ2v) is 14.7.